The fraction of sp³-hybridized carbons (Fsp3) is 0.533. The fourth-order valence-corrected chi connectivity index (χ4v) is 4.25. The Morgan fingerprint density at radius 3 is 2.44 bits per heavy atom. The Morgan fingerprint density at radius 2 is 1.88 bits per heavy atom. The highest BCUT2D eigenvalue weighted by Gasteiger charge is 2.28. The van der Waals surface area contributed by atoms with E-state index < -0.39 is 20.9 Å². The molecule has 1 aromatic carbocycles. The minimum atomic E-state index is -3.79. The Hall–Kier alpha value is -2.20. The first kappa shape index (κ1) is 19.1. The van der Waals surface area contributed by atoms with Crippen molar-refractivity contribution in [3.8, 4) is 0 Å². The summed E-state index contributed by atoms with van der Waals surface area (Å²) < 4.78 is 26.8. The average molecular weight is 371 g/mol. The fourth-order valence-electron chi connectivity index (χ4n) is 2.71. The highest BCUT2D eigenvalue weighted by molar-refractivity contribution is 7.89. The molecule has 1 saturated heterocycles. The van der Waals surface area contributed by atoms with Gasteiger partial charge >= 0.3 is 5.97 Å². The summed E-state index contributed by atoms with van der Waals surface area (Å²) in [5.74, 6) is -1.03. The molecule has 0 radical (unpaired) electrons. The van der Waals surface area contributed by atoms with Crippen LogP contribution in [0.5, 0.6) is 0 Å². The lowest BCUT2D eigenvalue weighted by atomic mass is 10.2. The van der Waals surface area contributed by atoms with Crippen molar-refractivity contribution in [3.05, 3.63) is 28.3 Å². The molecule has 2 rings (SSSR count). The first-order valence-electron chi connectivity index (χ1n) is 8.06. The van der Waals surface area contributed by atoms with Gasteiger partial charge in [-0.1, -0.05) is 12.8 Å². The molecular weight excluding hydrogens is 350 g/mol. The van der Waals surface area contributed by atoms with Crippen LogP contribution in [0, 0.1) is 10.1 Å². The second-order valence-electron chi connectivity index (χ2n) is 5.82. The number of aliphatic carboxylic acids is 1. The molecule has 0 amide bonds. The van der Waals surface area contributed by atoms with Gasteiger partial charge in [-0.15, -0.1) is 0 Å². The summed E-state index contributed by atoms with van der Waals surface area (Å²) in [4.78, 5) is 21.0. The Labute approximate surface area is 145 Å². The summed E-state index contributed by atoms with van der Waals surface area (Å²) in [7, 11) is -3.79. The lowest BCUT2D eigenvalue weighted by Crippen LogP contribution is -2.32. The van der Waals surface area contributed by atoms with Crippen molar-refractivity contribution in [2.24, 2.45) is 0 Å². The summed E-state index contributed by atoms with van der Waals surface area (Å²) in [6, 6.07) is 3.66. The van der Waals surface area contributed by atoms with Gasteiger partial charge in [0.2, 0.25) is 10.0 Å². The zero-order valence-electron chi connectivity index (χ0n) is 13.7. The minimum absolute atomic E-state index is 0.00833. The van der Waals surface area contributed by atoms with Crippen molar-refractivity contribution in [3.63, 3.8) is 0 Å². The van der Waals surface area contributed by atoms with Gasteiger partial charge in [0.1, 0.15) is 5.69 Å². The molecule has 10 heteroatoms. The number of nitrogens with zero attached hydrogens (tertiary/aromatic N) is 2. The molecule has 0 aromatic heterocycles. The Bertz CT molecular complexity index is 742. The van der Waals surface area contributed by atoms with E-state index in [9.17, 15) is 23.3 Å². The van der Waals surface area contributed by atoms with Gasteiger partial charge in [0, 0.05) is 25.7 Å². The number of carboxylic acids is 1. The summed E-state index contributed by atoms with van der Waals surface area (Å²) in [6.07, 6.45) is 3.29. The third-order valence-electron chi connectivity index (χ3n) is 4.02. The highest BCUT2D eigenvalue weighted by atomic mass is 32.2. The van der Waals surface area contributed by atoms with E-state index in [0.717, 1.165) is 31.7 Å². The van der Waals surface area contributed by atoms with Crippen LogP contribution in [0.3, 0.4) is 0 Å². The van der Waals surface area contributed by atoms with Gasteiger partial charge in [0.15, 0.2) is 0 Å². The van der Waals surface area contributed by atoms with E-state index in [0.29, 0.717) is 13.1 Å². The third kappa shape index (κ3) is 4.89. The number of hydrogen-bond acceptors (Lipinski definition) is 6. The maximum absolute atomic E-state index is 12.7. The average Bonchev–Trinajstić information content (AvgIpc) is 2.84. The molecule has 0 unspecified atom stereocenters. The summed E-state index contributed by atoms with van der Waals surface area (Å²) in [6.45, 7) is 0.831. The molecule has 25 heavy (non-hydrogen) atoms. The molecule has 1 heterocycles. The molecule has 1 aliphatic rings. The Balaban J connectivity index is 2.27. The van der Waals surface area contributed by atoms with E-state index in [1.54, 1.807) is 0 Å². The van der Waals surface area contributed by atoms with Gasteiger partial charge < -0.3 is 10.4 Å². The number of sulfonamides is 1. The van der Waals surface area contributed by atoms with Crippen molar-refractivity contribution in [1.82, 2.24) is 4.31 Å². The summed E-state index contributed by atoms with van der Waals surface area (Å²) in [5, 5.41) is 22.6. The number of hydrogen-bond donors (Lipinski definition) is 2. The van der Waals surface area contributed by atoms with Gasteiger partial charge in [0.05, 0.1) is 16.2 Å². The molecular formula is C15H21N3O6S. The molecule has 0 saturated carbocycles. The molecule has 0 bridgehead atoms. The zero-order valence-corrected chi connectivity index (χ0v) is 14.5. The van der Waals surface area contributed by atoms with Crippen molar-refractivity contribution >= 4 is 27.4 Å². The molecule has 1 fully saturated rings. The molecule has 2 N–H and O–H groups in total. The van der Waals surface area contributed by atoms with Crippen molar-refractivity contribution in [1.29, 1.82) is 0 Å². The van der Waals surface area contributed by atoms with Crippen LogP contribution in [-0.2, 0) is 14.8 Å². The standard InChI is InChI=1S/C15H21N3O6S/c19-15(20)7-8-16-13-6-5-12(11-14(13)18(21)22)25(23,24)17-9-3-1-2-4-10-17/h5-6,11,16H,1-4,7-10H2,(H,19,20). The Morgan fingerprint density at radius 1 is 1.24 bits per heavy atom. The molecule has 1 aromatic rings. The number of rotatable bonds is 7. The molecule has 0 aliphatic carbocycles. The van der Waals surface area contributed by atoms with Crippen molar-refractivity contribution < 1.29 is 23.2 Å². The smallest absolute Gasteiger partial charge is 0.305 e. The second-order valence-corrected chi connectivity index (χ2v) is 7.76. The normalized spacial score (nSPS) is 16.2. The van der Waals surface area contributed by atoms with Crippen LogP contribution >= 0.6 is 0 Å². The number of nitro groups is 1. The van der Waals surface area contributed by atoms with Crippen LogP contribution in [0.4, 0.5) is 11.4 Å². The topological polar surface area (TPSA) is 130 Å². The maximum atomic E-state index is 12.7. The monoisotopic (exact) mass is 371 g/mol. The van der Waals surface area contributed by atoms with Crippen LogP contribution in [0.15, 0.2) is 23.1 Å². The van der Waals surface area contributed by atoms with Crippen molar-refractivity contribution in [2.75, 3.05) is 25.0 Å². The molecule has 9 nitrogen and oxygen atoms in total. The minimum Gasteiger partial charge on any atom is -0.481 e. The summed E-state index contributed by atoms with van der Waals surface area (Å²) >= 11 is 0. The lowest BCUT2D eigenvalue weighted by molar-refractivity contribution is -0.384. The van der Waals surface area contributed by atoms with Gasteiger partial charge in [-0.2, -0.15) is 4.31 Å². The van der Waals surface area contributed by atoms with E-state index >= 15 is 0 Å². The Kier molecular flexibility index (Phi) is 6.32. The lowest BCUT2D eigenvalue weighted by Gasteiger charge is -2.20. The number of benzene rings is 1. The van der Waals surface area contributed by atoms with E-state index in [1.165, 1.54) is 16.4 Å². The van der Waals surface area contributed by atoms with Crippen LogP contribution in [-0.4, -0.2) is 48.4 Å². The maximum Gasteiger partial charge on any atom is 0.305 e. The number of nitro benzene ring substituents is 1. The number of nitrogens with one attached hydrogen (secondary N) is 1. The van der Waals surface area contributed by atoms with Gasteiger partial charge in [-0.3, -0.25) is 14.9 Å². The predicted octanol–water partition coefficient (Wildman–Crippen LogP) is 2.05. The third-order valence-corrected chi connectivity index (χ3v) is 5.92. The molecule has 0 spiro atoms. The molecule has 138 valence electrons. The van der Waals surface area contributed by atoms with Crippen LogP contribution in [0.2, 0.25) is 0 Å². The number of carbonyl (C=O) groups is 1. The van der Waals surface area contributed by atoms with E-state index in [4.69, 9.17) is 5.11 Å². The van der Waals surface area contributed by atoms with E-state index in [2.05, 4.69) is 5.32 Å². The number of anilines is 1. The first-order chi connectivity index (χ1) is 11.8. The molecule has 1 aliphatic heterocycles. The van der Waals surface area contributed by atoms with Gasteiger partial charge in [-0.25, -0.2) is 8.42 Å². The van der Waals surface area contributed by atoms with Gasteiger partial charge in [-0.05, 0) is 25.0 Å². The number of carboxylic acid groups (broad SMARTS) is 1. The van der Waals surface area contributed by atoms with Gasteiger partial charge in [0.25, 0.3) is 5.69 Å². The first-order valence-corrected chi connectivity index (χ1v) is 9.50. The largest absolute Gasteiger partial charge is 0.481 e. The van der Waals surface area contributed by atoms with Crippen LogP contribution < -0.4 is 5.32 Å². The quantitative estimate of drug-likeness (QED) is 0.554. The van der Waals surface area contributed by atoms with Crippen molar-refractivity contribution in [2.45, 2.75) is 37.0 Å². The zero-order chi connectivity index (χ0) is 18.4. The predicted molar refractivity (Wildman–Crippen MR) is 91.1 cm³/mol. The molecule has 0 atom stereocenters. The SMILES string of the molecule is O=C(O)CCNc1ccc(S(=O)(=O)N2CCCCCC2)cc1[N+](=O)[O-]. The highest BCUT2D eigenvalue weighted by Crippen LogP contribution is 2.29. The summed E-state index contributed by atoms with van der Waals surface area (Å²) in [5.41, 5.74) is -0.289. The van der Waals surface area contributed by atoms with Crippen LogP contribution in [0.25, 0.3) is 0 Å². The van der Waals surface area contributed by atoms with Crippen LogP contribution in [0.1, 0.15) is 32.1 Å². The van der Waals surface area contributed by atoms with E-state index in [-0.39, 0.29) is 29.2 Å². The second kappa shape index (κ2) is 8.26. The van der Waals surface area contributed by atoms with E-state index in [1.807, 2.05) is 0 Å².